The summed E-state index contributed by atoms with van der Waals surface area (Å²) in [6.07, 6.45) is 1.45. The molecule has 5 nitrogen and oxygen atoms in total. The minimum Gasteiger partial charge on any atom is -0.467 e. The summed E-state index contributed by atoms with van der Waals surface area (Å²) in [4.78, 5) is 13.7. The monoisotopic (exact) mass is 269 g/mol. The van der Waals surface area contributed by atoms with E-state index in [1.807, 2.05) is 11.8 Å². The lowest BCUT2D eigenvalue weighted by Gasteiger charge is -2.36. The number of thioether (sulfide) groups is 1. The highest BCUT2D eigenvalue weighted by Gasteiger charge is 2.26. The van der Waals surface area contributed by atoms with Gasteiger partial charge in [0.05, 0.1) is 12.1 Å². The van der Waals surface area contributed by atoms with Crippen LogP contribution in [0.15, 0.2) is 16.7 Å². The number of furan rings is 1. The van der Waals surface area contributed by atoms with Crippen LogP contribution in [-0.2, 0) is 6.54 Å². The third-order valence-corrected chi connectivity index (χ3v) is 4.76. The highest BCUT2D eigenvalue weighted by atomic mass is 32.2. The number of amides is 1. The molecule has 3 N–H and O–H groups in total. The number of hydrogen-bond acceptors (Lipinski definition) is 5. The topological polar surface area (TPSA) is 71.5 Å². The van der Waals surface area contributed by atoms with E-state index in [2.05, 4.69) is 24.2 Å². The summed E-state index contributed by atoms with van der Waals surface area (Å²) < 4.78 is 5.41. The third kappa shape index (κ3) is 2.88. The second-order valence-corrected chi connectivity index (χ2v) is 6.05. The summed E-state index contributed by atoms with van der Waals surface area (Å²) in [6.45, 7) is 6.27. The first-order valence-corrected chi connectivity index (χ1v) is 7.10. The molecule has 1 aliphatic heterocycles. The molecule has 0 bridgehead atoms. The Kier molecular flexibility index (Phi) is 4.31. The standard InChI is InChI=1S/C12H19N3O2S/c1-8-9(2)18-4-3-15(8)6-11-5-10(7-17-11)12(16)14-13/h5,7-9H,3-4,6,13H2,1-2H3,(H,14,16). The quantitative estimate of drug-likeness (QED) is 0.490. The maximum Gasteiger partial charge on any atom is 0.268 e. The van der Waals surface area contributed by atoms with Gasteiger partial charge in [0, 0.05) is 23.6 Å². The van der Waals surface area contributed by atoms with Crippen LogP contribution in [0.2, 0.25) is 0 Å². The zero-order valence-corrected chi connectivity index (χ0v) is 11.5. The van der Waals surface area contributed by atoms with Crippen molar-refractivity contribution in [1.29, 1.82) is 0 Å². The first-order chi connectivity index (χ1) is 8.61. The van der Waals surface area contributed by atoms with E-state index in [0.29, 0.717) is 16.9 Å². The van der Waals surface area contributed by atoms with Crippen molar-refractivity contribution in [2.45, 2.75) is 31.7 Å². The molecule has 100 valence electrons. The Hall–Kier alpha value is -0.980. The number of hydrazine groups is 1. The van der Waals surface area contributed by atoms with Crippen molar-refractivity contribution in [2.24, 2.45) is 5.84 Å². The van der Waals surface area contributed by atoms with Gasteiger partial charge in [-0.3, -0.25) is 15.1 Å². The van der Waals surface area contributed by atoms with Crippen molar-refractivity contribution in [1.82, 2.24) is 10.3 Å². The number of nitrogens with two attached hydrogens (primary N) is 1. The Morgan fingerprint density at radius 1 is 1.67 bits per heavy atom. The molecular formula is C12H19N3O2S. The molecule has 2 heterocycles. The molecule has 2 rings (SSSR count). The molecular weight excluding hydrogens is 250 g/mol. The number of nitrogen functional groups attached to an aromatic ring is 1. The van der Waals surface area contributed by atoms with Gasteiger partial charge in [-0.25, -0.2) is 5.84 Å². The van der Waals surface area contributed by atoms with Gasteiger partial charge in [0.15, 0.2) is 0 Å². The van der Waals surface area contributed by atoms with E-state index >= 15 is 0 Å². The largest absolute Gasteiger partial charge is 0.467 e. The average Bonchev–Trinajstić information content (AvgIpc) is 2.82. The van der Waals surface area contributed by atoms with E-state index in [0.717, 1.165) is 24.6 Å². The Labute approximate surface area is 111 Å². The molecule has 0 radical (unpaired) electrons. The van der Waals surface area contributed by atoms with Crippen LogP contribution in [0.4, 0.5) is 0 Å². The molecule has 0 spiro atoms. The predicted octanol–water partition coefficient (Wildman–Crippen LogP) is 1.21. The second-order valence-electron chi connectivity index (χ2n) is 4.56. The van der Waals surface area contributed by atoms with Crippen LogP contribution < -0.4 is 11.3 Å². The van der Waals surface area contributed by atoms with E-state index in [4.69, 9.17) is 10.3 Å². The fourth-order valence-corrected chi connectivity index (χ4v) is 3.25. The van der Waals surface area contributed by atoms with Crippen molar-refractivity contribution in [3.05, 3.63) is 23.7 Å². The number of nitrogens with zero attached hydrogens (tertiary/aromatic N) is 1. The van der Waals surface area contributed by atoms with E-state index < -0.39 is 0 Å². The molecule has 1 aliphatic rings. The number of hydrogen-bond donors (Lipinski definition) is 2. The normalized spacial score (nSPS) is 25.1. The van der Waals surface area contributed by atoms with Gasteiger partial charge < -0.3 is 4.42 Å². The molecule has 1 aromatic heterocycles. The third-order valence-electron chi connectivity index (χ3n) is 3.42. The molecule has 1 aromatic rings. The first kappa shape index (κ1) is 13.5. The molecule has 2 unspecified atom stereocenters. The molecule has 0 saturated carbocycles. The Morgan fingerprint density at radius 2 is 2.44 bits per heavy atom. The van der Waals surface area contributed by atoms with Crippen LogP contribution in [0.1, 0.15) is 30.0 Å². The van der Waals surface area contributed by atoms with Gasteiger partial charge in [-0.05, 0) is 13.0 Å². The summed E-state index contributed by atoms with van der Waals surface area (Å²) in [6, 6.07) is 2.27. The number of carbonyl (C=O) groups excluding carboxylic acids is 1. The fraction of sp³-hybridized carbons (Fsp3) is 0.583. The zero-order chi connectivity index (χ0) is 13.1. The zero-order valence-electron chi connectivity index (χ0n) is 10.7. The molecule has 18 heavy (non-hydrogen) atoms. The summed E-state index contributed by atoms with van der Waals surface area (Å²) in [7, 11) is 0. The van der Waals surface area contributed by atoms with Gasteiger partial charge in [-0.2, -0.15) is 11.8 Å². The van der Waals surface area contributed by atoms with Crippen molar-refractivity contribution in [3.8, 4) is 0 Å². The molecule has 1 saturated heterocycles. The van der Waals surface area contributed by atoms with E-state index in [1.165, 1.54) is 6.26 Å². The van der Waals surface area contributed by atoms with Gasteiger partial charge in [-0.1, -0.05) is 6.92 Å². The molecule has 1 fully saturated rings. The Morgan fingerprint density at radius 3 is 3.17 bits per heavy atom. The predicted molar refractivity (Wildman–Crippen MR) is 72.2 cm³/mol. The van der Waals surface area contributed by atoms with Gasteiger partial charge in [0.1, 0.15) is 12.0 Å². The summed E-state index contributed by atoms with van der Waals surface area (Å²) >= 11 is 2.00. The SMILES string of the molecule is CC1SCCN(Cc2cc(C(=O)NN)co2)C1C. The lowest BCUT2D eigenvalue weighted by Crippen LogP contribution is -2.43. The van der Waals surface area contributed by atoms with Crippen LogP contribution in [0.3, 0.4) is 0 Å². The lowest BCUT2D eigenvalue weighted by molar-refractivity contribution is 0.0953. The highest BCUT2D eigenvalue weighted by Crippen LogP contribution is 2.25. The summed E-state index contributed by atoms with van der Waals surface area (Å²) in [5, 5.41) is 0.625. The molecule has 6 heteroatoms. The maximum absolute atomic E-state index is 11.3. The highest BCUT2D eigenvalue weighted by molar-refractivity contribution is 8.00. The van der Waals surface area contributed by atoms with Crippen LogP contribution in [0.5, 0.6) is 0 Å². The second kappa shape index (κ2) is 5.77. The van der Waals surface area contributed by atoms with Crippen molar-refractivity contribution >= 4 is 17.7 Å². The van der Waals surface area contributed by atoms with Crippen LogP contribution in [0.25, 0.3) is 0 Å². The summed E-state index contributed by atoms with van der Waals surface area (Å²) in [5.41, 5.74) is 2.57. The van der Waals surface area contributed by atoms with E-state index in [9.17, 15) is 4.79 Å². The average molecular weight is 269 g/mol. The van der Waals surface area contributed by atoms with Gasteiger partial charge >= 0.3 is 0 Å². The van der Waals surface area contributed by atoms with Crippen molar-refractivity contribution < 1.29 is 9.21 Å². The number of carbonyl (C=O) groups is 1. The smallest absolute Gasteiger partial charge is 0.268 e. The van der Waals surface area contributed by atoms with E-state index in [1.54, 1.807) is 6.07 Å². The molecule has 2 atom stereocenters. The first-order valence-electron chi connectivity index (χ1n) is 6.06. The van der Waals surface area contributed by atoms with Crippen molar-refractivity contribution in [3.63, 3.8) is 0 Å². The van der Waals surface area contributed by atoms with Crippen LogP contribution >= 0.6 is 11.8 Å². The Balaban J connectivity index is 2.00. The van der Waals surface area contributed by atoms with Gasteiger partial charge in [-0.15, -0.1) is 0 Å². The fourth-order valence-electron chi connectivity index (χ4n) is 2.08. The molecule has 1 amide bonds. The van der Waals surface area contributed by atoms with Gasteiger partial charge in [0.2, 0.25) is 0 Å². The molecule has 0 aliphatic carbocycles. The summed E-state index contributed by atoms with van der Waals surface area (Å²) in [5.74, 6) is 6.71. The molecule has 0 aromatic carbocycles. The number of rotatable bonds is 3. The van der Waals surface area contributed by atoms with Crippen LogP contribution in [0, 0.1) is 0 Å². The Bertz CT molecular complexity index is 421. The van der Waals surface area contributed by atoms with Crippen LogP contribution in [-0.4, -0.2) is 34.4 Å². The maximum atomic E-state index is 11.3. The van der Waals surface area contributed by atoms with Gasteiger partial charge in [0.25, 0.3) is 5.91 Å². The minimum absolute atomic E-state index is 0.319. The lowest BCUT2D eigenvalue weighted by atomic mass is 10.2. The number of nitrogens with one attached hydrogen (secondary N) is 1. The van der Waals surface area contributed by atoms with Crippen molar-refractivity contribution in [2.75, 3.05) is 12.3 Å². The minimum atomic E-state index is -0.319. The van der Waals surface area contributed by atoms with E-state index in [-0.39, 0.29) is 5.91 Å².